The van der Waals surface area contributed by atoms with Crippen LogP contribution in [0.5, 0.6) is 0 Å². The summed E-state index contributed by atoms with van der Waals surface area (Å²) in [6.45, 7) is 5.63. The first-order valence-corrected chi connectivity index (χ1v) is 10.9. The Bertz CT molecular complexity index is 978. The van der Waals surface area contributed by atoms with Crippen LogP contribution in [-0.2, 0) is 14.8 Å². The number of anilines is 1. The quantitative estimate of drug-likeness (QED) is 0.617. The minimum atomic E-state index is -3.67. The van der Waals surface area contributed by atoms with Gasteiger partial charge >= 0.3 is 0 Å². The van der Waals surface area contributed by atoms with Gasteiger partial charge in [-0.25, -0.2) is 12.7 Å². The van der Waals surface area contributed by atoms with Gasteiger partial charge in [-0.2, -0.15) is 0 Å². The van der Waals surface area contributed by atoms with Gasteiger partial charge in [0, 0.05) is 38.3 Å². The van der Waals surface area contributed by atoms with Crippen LogP contribution in [0.15, 0.2) is 47.4 Å². The maximum atomic E-state index is 12.7. The van der Waals surface area contributed by atoms with Crippen molar-refractivity contribution in [3.8, 4) is 0 Å². The summed E-state index contributed by atoms with van der Waals surface area (Å²) in [4.78, 5) is 25.6. The van der Waals surface area contributed by atoms with Gasteiger partial charge in [0.1, 0.15) is 0 Å². The molecule has 0 bridgehead atoms. The van der Waals surface area contributed by atoms with Gasteiger partial charge in [-0.05, 0) is 62.6 Å². The summed E-state index contributed by atoms with van der Waals surface area (Å²) < 4.78 is 26.6. The normalized spacial score (nSPS) is 11.5. The summed E-state index contributed by atoms with van der Waals surface area (Å²) in [5.41, 5.74) is 3.47. The van der Waals surface area contributed by atoms with Crippen molar-refractivity contribution in [2.24, 2.45) is 0 Å². The first-order chi connectivity index (χ1) is 13.5. The van der Waals surface area contributed by atoms with Crippen molar-refractivity contribution in [1.82, 2.24) is 4.31 Å². The molecule has 0 aromatic heterocycles. The van der Waals surface area contributed by atoms with Crippen molar-refractivity contribution in [2.45, 2.75) is 38.5 Å². The third-order valence-corrected chi connectivity index (χ3v) is 6.67. The Hall–Kier alpha value is -2.51. The van der Waals surface area contributed by atoms with E-state index in [1.807, 2.05) is 32.0 Å². The highest BCUT2D eigenvalue weighted by Gasteiger charge is 2.21. The molecule has 2 rings (SSSR count). The van der Waals surface area contributed by atoms with Crippen LogP contribution in [0, 0.1) is 13.8 Å². The smallest absolute Gasteiger partial charge is 0.242 e. The van der Waals surface area contributed by atoms with Crippen LogP contribution >= 0.6 is 0 Å². The van der Waals surface area contributed by atoms with Gasteiger partial charge in [0.2, 0.25) is 15.9 Å². The number of carbonyl (C=O) groups is 2. The minimum Gasteiger partial charge on any atom is -0.315 e. The Morgan fingerprint density at radius 3 is 2.00 bits per heavy atom. The highest BCUT2D eigenvalue weighted by Crippen LogP contribution is 2.19. The average molecular weight is 417 g/mol. The SMILES string of the molecule is CC(=O)c1ccc(S(=O)(=O)N(C)CCCC(=O)N(C)c2cc(C)cc(C)c2)cc1. The zero-order chi connectivity index (χ0) is 21.8. The summed E-state index contributed by atoms with van der Waals surface area (Å²) in [5.74, 6) is -0.180. The molecule has 0 aliphatic carbocycles. The predicted molar refractivity (Wildman–Crippen MR) is 115 cm³/mol. The predicted octanol–water partition coefficient (Wildman–Crippen LogP) is 3.57. The molecule has 2 aromatic carbocycles. The van der Waals surface area contributed by atoms with Crippen molar-refractivity contribution in [2.75, 3.05) is 25.5 Å². The zero-order valence-corrected chi connectivity index (χ0v) is 18.4. The maximum Gasteiger partial charge on any atom is 0.242 e. The van der Waals surface area contributed by atoms with E-state index >= 15 is 0 Å². The van der Waals surface area contributed by atoms with E-state index in [2.05, 4.69) is 0 Å². The molecule has 2 aromatic rings. The van der Waals surface area contributed by atoms with Gasteiger partial charge in [-0.15, -0.1) is 0 Å². The number of carbonyl (C=O) groups excluding carboxylic acids is 2. The molecule has 0 spiro atoms. The number of nitrogens with zero attached hydrogens (tertiary/aromatic N) is 2. The number of sulfonamides is 1. The van der Waals surface area contributed by atoms with Gasteiger partial charge in [-0.3, -0.25) is 9.59 Å². The highest BCUT2D eigenvalue weighted by molar-refractivity contribution is 7.89. The van der Waals surface area contributed by atoms with Gasteiger partial charge in [0.15, 0.2) is 5.78 Å². The fraction of sp³-hybridized carbons (Fsp3) is 0.364. The standard InChI is InChI=1S/C22H28N2O4S/c1-16-13-17(2)15-20(14-16)24(5)22(26)7-6-12-23(4)29(27,28)21-10-8-19(9-11-21)18(3)25/h8-11,13-15H,6-7,12H2,1-5H3. The Morgan fingerprint density at radius 2 is 1.48 bits per heavy atom. The number of ketones is 1. The number of hydrogen-bond acceptors (Lipinski definition) is 4. The van der Waals surface area contributed by atoms with Crippen molar-refractivity contribution in [3.63, 3.8) is 0 Å². The van der Waals surface area contributed by atoms with E-state index in [0.29, 0.717) is 12.0 Å². The molecule has 0 aliphatic rings. The molecule has 0 N–H and O–H groups in total. The largest absolute Gasteiger partial charge is 0.315 e. The maximum absolute atomic E-state index is 12.7. The van der Waals surface area contributed by atoms with E-state index in [1.54, 1.807) is 11.9 Å². The first kappa shape index (κ1) is 22.8. The molecule has 7 heteroatoms. The van der Waals surface area contributed by atoms with Crippen molar-refractivity contribution in [1.29, 1.82) is 0 Å². The molecular weight excluding hydrogens is 388 g/mol. The lowest BCUT2D eigenvalue weighted by molar-refractivity contribution is -0.118. The molecular formula is C22H28N2O4S. The van der Waals surface area contributed by atoms with Crippen LogP contribution in [0.4, 0.5) is 5.69 Å². The van der Waals surface area contributed by atoms with E-state index in [9.17, 15) is 18.0 Å². The van der Waals surface area contributed by atoms with E-state index in [4.69, 9.17) is 0 Å². The lowest BCUT2D eigenvalue weighted by atomic mass is 10.1. The third-order valence-electron chi connectivity index (χ3n) is 4.80. The zero-order valence-electron chi connectivity index (χ0n) is 17.6. The van der Waals surface area contributed by atoms with Crippen LogP contribution in [0.2, 0.25) is 0 Å². The molecule has 29 heavy (non-hydrogen) atoms. The number of rotatable bonds is 8. The van der Waals surface area contributed by atoms with Gasteiger partial charge in [-0.1, -0.05) is 18.2 Å². The number of benzene rings is 2. The van der Waals surface area contributed by atoms with Gasteiger partial charge < -0.3 is 4.90 Å². The van der Waals surface area contributed by atoms with Gasteiger partial charge in [0.05, 0.1) is 4.90 Å². The fourth-order valence-corrected chi connectivity index (χ4v) is 4.28. The molecule has 0 saturated carbocycles. The molecule has 0 aliphatic heterocycles. The second kappa shape index (κ2) is 9.33. The van der Waals surface area contributed by atoms with Crippen LogP contribution in [-0.4, -0.2) is 45.1 Å². The molecule has 0 unspecified atom stereocenters. The lowest BCUT2D eigenvalue weighted by Gasteiger charge is -2.20. The Kier molecular flexibility index (Phi) is 7.32. The lowest BCUT2D eigenvalue weighted by Crippen LogP contribution is -2.30. The molecule has 0 heterocycles. The van der Waals surface area contributed by atoms with Crippen LogP contribution < -0.4 is 4.90 Å². The van der Waals surface area contributed by atoms with Crippen LogP contribution in [0.3, 0.4) is 0 Å². The number of hydrogen-bond donors (Lipinski definition) is 0. The number of amides is 1. The molecule has 6 nitrogen and oxygen atoms in total. The minimum absolute atomic E-state index is 0.0633. The molecule has 1 amide bonds. The molecule has 0 atom stereocenters. The summed E-state index contributed by atoms with van der Waals surface area (Å²) in [6, 6.07) is 11.8. The second-order valence-corrected chi connectivity index (χ2v) is 9.35. The van der Waals surface area contributed by atoms with Crippen LogP contribution in [0.1, 0.15) is 41.3 Å². The first-order valence-electron chi connectivity index (χ1n) is 9.44. The fourth-order valence-electron chi connectivity index (χ4n) is 3.07. The van der Waals surface area contributed by atoms with E-state index < -0.39 is 10.0 Å². The van der Waals surface area contributed by atoms with E-state index in [1.165, 1.54) is 42.5 Å². The van der Waals surface area contributed by atoms with Gasteiger partial charge in [0.25, 0.3) is 0 Å². The Balaban J connectivity index is 1.96. The molecule has 0 saturated heterocycles. The van der Waals surface area contributed by atoms with Crippen LogP contribution in [0.25, 0.3) is 0 Å². The Labute approximate surface area is 173 Å². The monoisotopic (exact) mass is 416 g/mol. The van der Waals surface area contributed by atoms with Crippen molar-refractivity contribution < 1.29 is 18.0 Å². The summed E-state index contributed by atoms with van der Waals surface area (Å²) in [5, 5.41) is 0. The van der Waals surface area contributed by atoms with E-state index in [-0.39, 0.29) is 29.6 Å². The highest BCUT2D eigenvalue weighted by atomic mass is 32.2. The summed E-state index contributed by atoms with van der Waals surface area (Å²) in [7, 11) is -0.444. The van der Waals surface area contributed by atoms with Crippen molar-refractivity contribution in [3.05, 3.63) is 59.2 Å². The van der Waals surface area contributed by atoms with E-state index in [0.717, 1.165) is 16.8 Å². The molecule has 0 fully saturated rings. The number of Topliss-reactive ketones (excluding diaryl/α,β-unsaturated/α-hetero) is 1. The summed E-state index contributed by atoms with van der Waals surface area (Å²) >= 11 is 0. The molecule has 156 valence electrons. The average Bonchev–Trinajstić information content (AvgIpc) is 2.66. The second-order valence-electron chi connectivity index (χ2n) is 7.31. The topological polar surface area (TPSA) is 74.8 Å². The van der Waals surface area contributed by atoms with Crippen molar-refractivity contribution >= 4 is 27.4 Å². The summed E-state index contributed by atoms with van der Waals surface area (Å²) in [6.07, 6.45) is 0.655. The third kappa shape index (κ3) is 5.74. The molecule has 0 radical (unpaired) electrons. The Morgan fingerprint density at radius 1 is 0.931 bits per heavy atom. The number of aryl methyl sites for hydroxylation is 2.